The normalized spacial score (nSPS) is 20.2. The van der Waals surface area contributed by atoms with Crippen molar-refractivity contribution >= 4 is 11.7 Å². The molecule has 1 fully saturated rings. The second kappa shape index (κ2) is 7.36. The Bertz CT molecular complexity index is 784. The Labute approximate surface area is 154 Å². The number of aromatic nitrogens is 1. The lowest BCUT2D eigenvalue weighted by molar-refractivity contribution is -0.127. The number of hydrogen-bond donors (Lipinski definition) is 1. The van der Waals surface area contributed by atoms with Crippen LogP contribution in [-0.2, 0) is 11.2 Å². The Hall–Kier alpha value is -2.56. The van der Waals surface area contributed by atoms with Gasteiger partial charge in [-0.05, 0) is 49.9 Å². The molecule has 1 saturated heterocycles. The minimum Gasteiger partial charge on any atom is -0.492 e. The smallest absolute Gasteiger partial charge is 0.227 e. The van der Waals surface area contributed by atoms with Crippen molar-refractivity contribution < 1.29 is 9.53 Å². The number of benzene rings is 1. The quantitative estimate of drug-likeness (QED) is 0.924. The third-order valence-electron chi connectivity index (χ3n) is 5.29. The Balaban J connectivity index is 1.30. The molecule has 26 heavy (non-hydrogen) atoms. The number of anilines is 1. The highest BCUT2D eigenvalue weighted by molar-refractivity contribution is 5.80. The Morgan fingerprint density at radius 2 is 1.96 bits per heavy atom. The SMILES string of the molecule is Cc1cccc(N2CCC(NC(=O)C3COc4ccccc4C3)CC2)n1. The van der Waals surface area contributed by atoms with Crippen LogP contribution < -0.4 is 15.0 Å². The minimum atomic E-state index is -0.0960. The second-order valence-electron chi connectivity index (χ2n) is 7.23. The first-order valence-corrected chi connectivity index (χ1v) is 9.39. The van der Waals surface area contributed by atoms with Crippen molar-refractivity contribution in [1.29, 1.82) is 0 Å². The number of carbonyl (C=O) groups is 1. The number of carbonyl (C=O) groups excluding carboxylic acids is 1. The number of pyridine rings is 1. The van der Waals surface area contributed by atoms with E-state index in [1.807, 2.05) is 43.3 Å². The second-order valence-corrected chi connectivity index (χ2v) is 7.23. The number of amides is 1. The summed E-state index contributed by atoms with van der Waals surface area (Å²) in [5.41, 5.74) is 2.16. The van der Waals surface area contributed by atoms with E-state index in [4.69, 9.17) is 4.74 Å². The van der Waals surface area contributed by atoms with E-state index in [9.17, 15) is 4.79 Å². The summed E-state index contributed by atoms with van der Waals surface area (Å²) < 4.78 is 5.76. The molecule has 2 aliphatic rings. The Morgan fingerprint density at radius 1 is 1.15 bits per heavy atom. The standard InChI is InChI=1S/C21H25N3O2/c1-15-5-4-8-20(22-15)24-11-9-18(10-12-24)23-21(25)17-13-16-6-2-3-7-19(16)26-14-17/h2-8,17-18H,9-14H2,1H3,(H,23,25). The predicted octanol–water partition coefficient (Wildman–Crippen LogP) is 2.73. The lowest BCUT2D eigenvalue weighted by Crippen LogP contribution is -2.48. The lowest BCUT2D eigenvalue weighted by Gasteiger charge is -2.34. The van der Waals surface area contributed by atoms with Crippen LogP contribution in [0.5, 0.6) is 5.75 Å². The van der Waals surface area contributed by atoms with Gasteiger partial charge in [-0.15, -0.1) is 0 Å². The lowest BCUT2D eigenvalue weighted by atomic mass is 9.95. The molecule has 1 unspecified atom stereocenters. The molecule has 0 bridgehead atoms. The van der Waals surface area contributed by atoms with Gasteiger partial charge in [-0.2, -0.15) is 0 Å². The van der Waals surface area contributed by atoms with E-state index in [0.29, 0.717) is 6.61 Å². The molecule has 1 aromatic carbocycles. The van der Waals surface area contributed by atoms with Crippen LogP contribution in [0.3, 0.4) is 0 Å². The van der Waals surface area contributed by atoms with Gasteiger partial charge in [-0.3, -0.25) is 4.79 Å². The molecule has 136 valence electrons. The van der Waals surface area contributed by atoms with Crippen LogP contribution in [0.15, 0.2) is 42.5 Å². The molecule has 1 aromatic heterocycles. The first kappa shape index (κ1) is 16.9. The van der Waals surface area contributed by atoms with Crippen molar-refractivity contribution in [2.75, 3.05) is 24.6 Å². The molecule has 5 nitrogen and oxygen atoms in total. The number of nitrogens with one attached hydrogen (secondary N) is 1. The maximum absolute atomic E-state index is 12.7. The first-order valence-electron chi connectivity index (χ1n) is 9.39. The summed E-state index contributed by atoms with van der Waals surface area (Å²) in [6.07, 6.45) is 2.66. The maximum atomic E-state index is 12.7. The van der Waals surface area contributed by atoms with Gasteiger partial charge in [0.1, 0.15) is 18.2 Å². The zero-order chi connectivity index (χ0) is 17.9. The minimum absolute atomic E-state index is 0.0960. The fourth-order valence-electron chi connectivity index (χ4n) is 3.77. The molecule has 0 radical (unpaired) electrons. The third kappa shape index (κ3) is 3.66. The van der Waals surface area contributed by atoms with Gasteiger partial charge in [0.25, 0.3) is 0 Å². The van der Waals surface area contributed by atoms with Crippen LogP contribution >= 0.6 is 0 Å². The summed E-state index contributed by atoms with van der Waals surface area (Å²) in [4.78, 5) is 19.6. The first-order chi connectivity index (χ1) is 12.7. The summed E-state index contributed by atoms with van der Waals surface area (Å²) in [7, 11) is 0. The number of para-hydroxylation sites is 1. The number of aryl methyl sites for hydroxylation is 1. The van der Waals surface area contributed by atoms with Gasteiger partial charge in [-0.1, -0.05) is 24.3 Å². The van der Waals surface area contributed by atoms with E-state index >= 15 is 0 Å². The van der Waals surface area contributed by atoms with Gasteiger partial charge in [0.05, 0.1) is 5.92 Å². The molecular formula is C21H25N3O2. The maximum Gasteiger partial charge on any atom is 0.227 e. The van der Waals surface area contributed by atoms with Crippen molar-refractivity contribution in [1.82, 2.24) is 10.3 Å². The molecule has 4 rings (SSSR count). The van der Waals surface area contributed by atoms with E-state index in [1.54, 1.807) is 0 Å². The van der Waals surface area contributed by atoms with E-state index in [1.165, 1.54) is 0 Å². The van der Waals surface area contributed by atoms with Crippen molar-refractivity contribution in [3.05, 3.63) is 53.7 Å². The summed E-state index contributed by atoms with van der Waals surface area (Å²) >= 11 is 0. The van der Waals surface area contributed by atoms with Crippen LogP contribution in [0, 0.1) is 12.8 Å². The number of rotatable bonds is 3. The highest BCUT2D eigenvalue weighted by Crippen LogP contribution is 2.27. The summed E-state index contributed by atoms with van der Waals surface area (Å²) in [6.45, 7) is 4.33. The molecule has 3 heterocycles. The third-order valence-corrected chi connectivity index (χ3v) is 5.29. The molecule has 0 saturated carbocycles. The Kier molecular flexibility index (Phi) is 4.78. The molecule has 5 heteroatoms. The highest BCUT2D eigenvalue weighted by atomic mass is 16.5. The number of hydrogen-bond acceptors (Lipinski definition) is 4. The molecule has 1 amide bonds. The fourth-order valence-corrected chi connectivity index (χ4v) is 3.77. The number of fused-ring (bicyclic) bond motifs is 1. The topological polar surface area (TPSA) is 54.5 Å². The largest absolute Gasteiger partial charge is 0.492 e. The summed E-state index contributed by atoms with van der Waals surface area (Å²) in [5.74, 6) is 1.97. The van der Waals surface area contributed by atoms with Crippen LogP contribution in [0.2, 0.25) is 0 Å². The monoisotopic (exact) mass is 351 g/mol. The van der Waals surface area contributed by atoms with E-state index in [-0.39, 0.29) is 17.9 Å². The van der Waals surface area contributed by atoms with Crippen molar-refractivity contribution in [2.45, 2.75) is 32.2 Å². The highest BCUT2D eigenvalue weighted by Gasteiger charge is 2.28. The van der Waals surface area contributed by atoms with Gasteiger partial charge in [0, 0.05) is 24.8 Å². The van der Waals surface area contributed by atoms with Gasteiger partial charge in [0.15, 0.2) is 0 Å². The van der Waals surface area contributed by atoms with Crippen LogP contribution in [0.1, 0.15) is 24.1 Å². The Morgan fingerprint density at radius 3 is 2.77 bits per heavy atom. The molecule has 0 aliphatic carbocycles. The van der Waals surface area contributed by atoms with Gasteiger partial charge in [-0.25, -0.2) is 4.98 Å². The van der Waals surface area contributed by atoms with Crippen LogP contribution in [0.25, 0.3) is 0 Å². The number of ether oxygens (including phenoxy) is 1. The van der Waals surface area contributed by atoms with Crippen molar-refractivity contribution in [2.24, 2.45) is 5.92 Å². The molecule has 1 N–H and O–H groups in total. The molecule has 2 aliphatic heterocycles. The number of nitrogens with zero attached hydrogens (tertiary/aromatic N) is 2. The number of piperidine rings is 1. The van der Waals surface area contributed by atoms with Crippen molar-refractivity contribution in [3.8, 4) is 5.75 Å². The van der Waals surface area contributed by atoms with Crippen molar-refractivity contribution in [3.63, 3.8) is 0 Å². The zero-order valence-corrected chi connectivity index (χ0v) is 15.1. The van der Waals surface area contributed by atoms with Crippen LogP contribution in [0.4, 0.5) is 5.82 Å². The zero-order valence-electron chi connectivity index (χ0n) is 15.1. The van der Waals surface area contributed by atoms with E-state index < -0.39 is 0 Å². The van der Waals surface area contributed by atoms with E-state index in [0.717, 1.165) is 55.2 Å². The van der Waals surface area contributed by atoms with Crippen LogP contribution in [-0.4, -0.2) is 36.6 Å². The fraction of sp³-hybridized carbons (Fsp3) is 0.429. The average molecular weight is 351 g/mol. The summed E-state index contributed by atoms with van der Waals surface area (Å²) in [6, 6.07) is 14.3. The molecular weight excluding hydrogens is 326 g/mol. The van der Waals surface area contributed by atoms with Gasteiger partial charge >= 0.3 is 0 Å². The van der Waals surface area contributed by atoms with Gasteiger partial charge in [0.2, 0.25) is 5.91 Å². The predicted molar refractivity (Wildman–Crippen MR) is 101 cm³/mol. The molecule has 1 atom stereocenters. The van der Waals surface area contributed by atoms with Gasteiger partial charge < -0.3 is 15.0 Å². The molecule has 0 spiro atoms. The van der Waals surface area contributed by atoms with E-state index in [2.05, 4.69) is 21.3 Å². The molecule has 2 aromatic rings. The summed E-state index contributed by atoms with van der Waals surface area (Å²) in [5, 5.41) is 3.24. The average Bonchev–Trinajstić information content (AvgIpc) is 2.68.